The van der Waals surface area contributed by atoms with Gasteiger partial charge >= 0.3 is 5.97 Å². The van der Waals surface area contributed by atoms with E-state index in [1.54, 1.807) is 0 Å². The van der Waals surface area contributed by atoms with Crippen LogP contribution in [-0.4, -0.2) is 20.9 Å². The van der Waals surface area contributed by atoms with E-state index >= 15 is 0 Å². The predicted octanol–water partition coefficient (Wildman–Crippen LogP) is 2.22. The van der Waals surface area contributed by atoms with Crippen molar-refractivity contribution in [1.82, 2.24) is 9.78 Å². The largest absolute Gasteiger partial charge is 0.476 e. The summed E-state index contributed by atoms with van der Waals surface area (Å²) in [5.74, 6) is -0.793. The minimum absolute atomic E-state index is 0.0650. The summed E-state index contributed by atoms with van der Waals surface area (Å²) < 4.78 is 2.37. The molecule has 2 rings (SSSR count). The van der Waals surface area contributed by atoms with E-state index in [0.717, 1.165) is 15.7 Å². The maximum atomic E-state index is 10.8. The summed E-state index contributed by atoms with van der Waals surface area (Å²) in [7, 11) is 0. The van der Waals surface area contributed by atoms with Crippen LogP contribution < -0.4 is 5.73 Å². The lowest BCUT2D eigenvalue weighted by Crippen LogP contribution is -2.05. The number of carboxylic acids is 1. The number of aromatic carboxylic acids is 1. The fourth-order valence-corrected chi connectivity index (χ4v) is 2.03. The summed E-state index contributed by atoms with van der Waals surface area (Å²) >= 11 is 3.36. The highest BCUT2D eigenvalue weighted by molar-refractivity contribution is 9.10. The van der Waals surface area contributed by atoms with E-state index in [2.05, 4.69) is 21.0 Å². The van der Waals surface area contributed by atoms with E-state index in [9.17, 15) is 4.79 Å². The molecule has 0 radical (unpaired) electrons. The number of aryl methyl sites for hydroxylation is 1. The molecule has 0 atom stereocenters. The maximum absolute atomic E-state index is 10.8. The van der Waals surface area contributed by atoms with Crippen LogP contribution in [0.25, 0.3) is 5.69 Å². The number of anilines is 1. The quantitative estimate of drug-likeness (QED) is 0.890. The van der Waals surface area contributed by atoms with Crippen molar-refractivity contribution in [3.05, 3.63) is 40.0 Å². The molecule has 1 heterocycles. The normalized spacial score (nSPS) is 10.5. The number of nitrogens with two attached hydrogens (primary N) is 1. The maximum Gasteiger partial charge on any atom is 0.356 e. The van der Waals surface area contributed by atoms with Crippen LogP contribution in [0.15, 0.2) is 28.7 Å². The fourth-order valence-electron chi connectivity index (χ4n) is 1.55. The van der Waals surface area contributed by atoms with Crippen LogP contribution in [0.2, 0.25) is 0 Å². The third kappa shape index (κ3) is 2.16. The van der Waals surface area contributed by atoms with Crippen LogP contribution in [0.3, 0.4) is 0 Å². The van der Waals surface area contributed by atoms with Crippen molar-refractivity contribution in [3.8, 4) is 5.69 Å². The Hall–Kier alpha value is -1.82. The Morgan fingerprint density at radius 1 is 1.47 bits per heavy atom. The molecule has 88 valence electrons. The number of aromatic nitrogens is 2. The van der Waals surface area contributed by atoms with E-state index in [0.29, 0.717) is 5.82 Å². The first kappa shape index (κ1) is 11.7. The second kappa shape index (κ2) is 4.21. The molecule has 0 unspecified atom stereocenters. The first-order valence-electron chi connectivity index (χ1n) is 4.84. The van der Waals surface area contributed by atoms with Gasteiger partial charge in [-0.15, -0.1) is 0 Å². The van der Waals surface area contributed by atoms with Gasteiger partial charge in [-0.3, -0.25) is 0 Å². The number of nitrogen functional groups attached to an aromatic ring is 1. The number of hydrogen-bond donors (Lipinski definition) is 2. The summed E-state index contributed by atoms with van der Waals surface area (Å²) in [6, 6.07) is 6.93. The lowest BCUT2D eigenvalue weighted by Gasteiger charge is -2.07. The van der Waals surface area contributed by atoms with Gasteiger partial charge in [-0.2, -0.15) is 5.10 Å². The summed E-state index contributed by atoms with van der Waals surface area (Å²) in [5, 5.41) is 12.8. The first-order valence-corrected chi connectivity index (χ1v) is 5.63. The highest BCUT2D eigenvalue weighted by Gasteiger charge is 2.13. The summed E-state index contributed by atoms with van der Waals surface area (Å²) in [5.41, 5.74) is 7.39. The van der Waals surface area contributed by atoms with Crippen molar-refractivity contribution < 1.29 is 9.90 Å². The van der Waals surface area contributed by atoms with E-state index in [4.69, 9.17) is 10.8 Å². The number of carboxylic acid groups (broad SMARTS) is 1. The zero-order valence-electron chi connectivity index (χ0n) is 9.01. The van der Waals surface area contributed by atoms with E-state index < -0.39 is 5.97 Å². The minimum Gasteiger partial charge on any atom is -0.476 e. The molecule has 0 saturated heterocycles. The third-order valence-corrected chi connectivity index (χ3v) is 2.84. The van der Waals surface area contributed by atoms with Gasteiger partial charge in [-0.05, 0) is 30.7 Å². The second-order valence-electron chi connectivity index (χ2n) is 3.60. The number of rotatable bonds is 2. The molecule has 6 heteroatoms. The van der Waals surface area contributed by atoms with Gasteiger partial charge in [0.1, 0.15) is 5.82 Å². The van der Waals surface area contributed by atoms with Gasteiger partial charge in [0.15, 0.2) is 5.69 Å². The van der Waals surface area contributed by atoms with Crippen molar-refractivity contribution in [3.63, 3.8) is 0 Å². The monoisotopic (exact) mass is 295 g/mol. The van der Waals surface area contributed by atoms with Gasteiger partial charge in [-0.1, -0.05) is 15.9 Å². The molecule has 2 aromatic rings. The van der Waals surface area contributed by atoms with Crippen molar-refractivity contribution >= 4 is 27.7 Å². The van der Waals surface area contributed by atoms with Crippen molar-refractivity contribution in [1.29, 1.82) is 0 Å². The van der Waals surface area contributed by atoms with Crippen LogP contribution in [0.5, 0.6) is 0 Å². The van der Waals surface area contributed by atoms with Crippen LogP contribution in [-0.2, 0) is 0 Å². The molecular formula is C11H10BrN3O2. The average Bonchev–Trinajstić information content (AvgIpc) is 2.61. The Morgan fingerprint density at radius 3 is 2.71 bits per heavy atom. The Kier molecular flexibility index (Phi) is 2.89. The lowest BCUT2D eigenvalue weighted by atomic mass is 10.2. The molecule has 0 aliphatic carbocycles. The minimum atomic E-state index is -1.09. The molecule has 3 N–H and O–H groups in total. The molecule has 0 bridgehead atoms. The zero-order chi connectivity index (χ0) is 12.6. The Balaban J connectivity index is 2.56. The smallest absolute Gasteiger partial charge is 0.356 e. The highest BCUT2D eigenvalue weighted by atomic mass is 79.9. The van der Waals surface area contributed by atoms with Gasteiger partial charge < -0.3 is 10.8 Å². The van der Waals surface area contributed by atoms with E-state index in [1.807, 2.05) is 25.1 Å². The third-order valence-electron chi connectivity index (χ3n) is 2.34. The van der Waals surface area contributed by atoms with E-state index in [-0.39, 0.29) is 5.69 Å². The number of carbonyl (C=O) groups is 1. The fraction of sp³-hybridized carbons (Fsp3) is 0.0909. The molecule has 1 aromatic carbocycles. The van der Waals surface area contributed by atoms with Crippen LogP contribution in [0.4, 0.5) is 5.82 Å². The van der Waals surface area contributed by atoms with Crippen molar-refractivity contribution in [2.75, 3.05) is 5.73 Å². The zero-order valence-corrected chi connectivity index (χ0v) is 10.6. The predicted molar refractivity (Wildman–Crippen MR) is 67.4 cm³/mol. The molecule has 0 saturated carbocycles. The molecule has 5 nitrogen and oxygen atoms in total. The van der Waals surface area contributed by atoms with Gasteiger partial charge in [0, 0.05) is 10.5 Å². The summed E-state index contributed by atoms with van der Waals surface area (Å²) in [4.78, 5) is 10.8. The van der Waals surface area contributed by atoms with Crippen LogP contribution in [0, 0.1) is 6.92 Å². The van der Waals surface area contributed by atoms with Gasteiger partial charge in [0.2, 0.25) is 0 Å². The summed E-state index contributed by atoms with van der Waals surface area (Å²) in [6.45, 7) is 1.90. The van der Waals surface area contributed by atoms with Gasteiger partial charge in [0.25, 0.3) is 0 Å². The van der Waals surface area contributed by atoms with Gasteiger partial charge in [-0.25, -0.2) is 9.48 Å². The number of nitrogens with zero attached hydrogens (tertiary/aromatic N) is 2. The topological polar surface area (TPSA) is 81.1 Å². The van der Waals surface area contributed by atoms with Crippen LogP contribution in [0.1, 0.15) is 16.1 Å². The Bertz CT molecular complexity index is 592. The second-order valence-corrected chi connectivity index (χ2v) is 4.52. The Labute approximate surface area is 106 Å². The molecule has 0 amide bonds. The number of hydrogen-bond acceptors (Lipinski definition) is 3. The molecule has 1 aromatic heterocycles. The molecule has 0 fully saturated rings. The number of halogens is 1. The van der Waals surface area contributed by atoms with Crippen molar-refractivity contribution in [2.24, 2.45) is 0 Å². The number of benzene rings is 1. The SMILES string of the molecule is Cc1cc(Br)ccc1-n1nc(C(=O)O)cc1N. The molecule has 0 aliphatic heterocycles. The van der Waals surface area contributed by atoms with Gasteiger partial charge in [0.05, 0.1) is 5.69 Å². The van der Waals surface area contributed by atoms with Crippen molar-refractivity contribution in [2.45, 2.75) is 6.92 Å². The Morgan fingerprint density at radius 2 is 2.18 bits per heavy atom. The van der Waals surface area contributed by atoms with Crippen LogP contribution >= 0.6 is 15.9 Å². The lowest BCUT2D eigenvalue weighted by molar-refractivity contribution is 0.0690. The average molecular weight is 296 g/mol. The standard InChI is InChI=1S/C11H10BrN3O2/c1-6-4-7(12)2-3-9(6)15-10(13)5-8(14-15)11(16)17/h2-5H,13H2,1H3,(H,16,17). The molecular weight excluding hydrogens is 286 g/mol. The molecule has 0 aliphatic rings. The highest BCUT2D eigenvalue weighted by Crippen LogP contribution is 2.21. The molecule has 0 spiro atoms. The summed E-state index contributed by atoms with van der Waals surface area (Å²) in [6.07, 6.45) is 0. The van der Waals surface area contributed by atoms with E-state index in [1.165, 1.54) is 10.7 Å². The first-order chi connectivity index (χ1) is 7.99. The molecule has 17 heavy (non-hydrogen) atoms.